The van der Waals surface area contributed by atoms with E-state index < -0.39 is 29.6 Å². The molecule has 11 heteroatoms. The average Bonchev–Trinajstić information content (AvgIpc) is 3.17. The number of esters is 1. The summed E-state index contributed by atoms with van der Waals surface area (Å²) in [4.78, 5) is 27.4. The van der Waals surface area contributed by atoms with Crippen LogP contribution in [0.5, 0.6) is 0 Å². The third-order valence-corrected chi connectivity index (χ3v) is 8.52. The van der Waals surface area contributed by atoms with Crippen molar-refractivity contribution in [2.24, 2.45) is 11.3 Å². The lowest BCUT2D eigenvalue weighted by Gasteiger charge is -2.23. The summed E-state index contributed by atoms with van der Waals surface area (Å²) in [5, 5.41) is 25.1. The number of carbonyl (C=O) groups excluding carboxylic acids is 1. The topological polar surface area (TPSA) is 122 Å². The number of carbonyl (C=O) groups is 1. The minimum absolute atomic E-state index is 0.203. The molecular weight excluding hydrogens is 526 g/mol. The van der Waals surface area contributed by atoms with Gasteiger partial charge in [-0.1, -0.05) is 41.9 Å². The monoisotopic (exact) mass is 549 g/mol. The number of hydrogen-bond donors (Lipinski definition) is 3. The van der Waals surface area contributed by atoms with Gasteiger partial charge in [-0.3, -0.25) is 4.79 Å². The van der Waals surface area contributed by atoms with Crippen LogP contribution in [0.2, 0.25) is 4.34 Å². The molecule has 194 valence electrons. The first-order valence-corrected chi connectivity index (χ1v) is 13.4. The Balaban J connectivity index is 1.27. The van der Waals surface area contributed by atoms with Crippen LogP contribution in [0.25, 0.3) is 11.2 Å². The van der Waals surface area contributed by atoms with Gasteiger partial charge in [0.05, 0.1) is 34.3 Å². The van der Waals surface area contributed by atoms with E-state index in [0.29, 0.717) is 34.2 Å². The Morgan fingerprint density at radius 2 is 2.05 bits per heavy atom. The summed E-state index contributed by atoms with van der Waals surface area (Å²) in [7, 11) is 1.72. The Kier molecular flexibility index (Phi) is 6.32. The first kappa shape index (κ1) is 24.8. The number of thiophene rings is 1. The fourth-order valence-corrected chi connectivity index (χ4v) is 6.32. The van der Waals surface area contributed by atoms with Gasteiger partial charge < -0.3 is 24.8 Å². The maximum atomic E-state index is 13.1. The molecule has 2 aliphatic rings. The Morgan fingerprint density at radius 1 is 1.24 bits per heavy atom. The molecule has 3 heterocycles. The van der Waals surface area contributed by atoms with Crippen LogP contribution in [0, 0.1) is 23.2 Å². The van der Waals surface area contributed by atoms with Crippen LogP contribution >= 0.6 is 22.9 Å². The zero-order valence-electron chi connectivity index (χ0n) is 20.3. The molecule has 3 aromatic heterocycles. The molecule has 0 saturated heterocycles. The molecule has 38 heavy (non-hydrogen) atoms. The molecule has 0 bridgehead atoms. The Bertz CT molecular complexity index is 1580. The number of benzene rings is 1. The van der Waals surface area contributed by atoms with Gasteiger partial charge in [0.15, 0.2) is 17.0 Å². The Labute approximate surface area is 227 Å². The number of halogens is 1. The van der Waals surface area contributed by atoms with Crippen LogP contribution in [0.3, 0.4) is 0 Å². The van der Waals surface area contributed by atoms with E-state index in [9.17, 15) is 15.0 Å². The second-order valence-electron chi connectivity index (χ2n) is 9.47. The standard InChI is InChI=1S/C27H24ClN5O4S/c1-29-24-20-25(32-19(31-24)10-8-16-7-9-18(28)38-16)33(14-30-20)21-17-13-27(17,23(35)22(21)34)26(36)37-12-11-15-5-3-2-4-6-15/h2-7,9,14,17,21-23,34-35H,11-13H2,1H3,(H,29,31,32)/t17-,21-,22+,23+,27-/m1/s1. The molecule has 3 N–H and O–H groups in total. The fraction of sp³-hybridized carbons (Fsp3) is 0.333. The van der Waals surface area contributed by atoms with Crippen LogP contribution in [0.1, 0.15) is 28.7 Å². The lowest BCUT2D eigenvalue weighted by molar-refractivity contribution is -0.156. The SMILES string of the molecule is CNc1nc(C#Cc2ccc(Cl)s2)nc2c1ncn2[C@H]1[C@H](O)[C@H](O)[C@@]2(C(=O)OCCc3ccccc3)C[C@H]12. The third-order valence-electron chi connectivity index (χ3n) is 7.37. The van der Waals surface area contributed by atoms with E-state index in [2.05, 4.69) is 32.1 Å². The van der Waals surface area contributed by atoms with Crippen molar-refractivity contribution in [1.82, 2.24) is 19.5 Å². The number of ether oxygens (including phenoxy) is 1. The summed E-state index contributed by atoms with van der Waals surface area (Å²) in [6, 6.07) is 12.7. The lowest BCUT2D eigenvalue weighted by Crippen LogP contribution is -2.38. The molecular formula is C27H24ClN5O4S. The first-order chi connectivity index (χ1) is 18.4. The van der Waals surface area contributed by atoms with Crippen molar-refractivity contribution >= 4 is 45.9 Å². The van der Waals surface area contributed by atoms with Crippen molar-refractivity contribution in [3.63, 3.8) is 0 Å². The van der Waals surface area contributed by atoms with Crippen molar-refractivity contribution in [1.29, 1.82) is 0 Å². The van der Waals surface area contributed by atoms with E-state index in [1.807, 2.05) is 36.4 Å². The van der Waals surface area contributed by atoms with Crippen LogP contribution in [-0.4, -0.2) is 61.6 Å². The van der Waals surface area contributed by atoms with Crippen LogP contribution in [-0.2, 0) is 16.0 Å². The van der Waals surface area contributed by atoms with E-state index in [0.717, 1.165) is 10.4 Å². The molecule has 0 aliphatic heterocycles. The second kappa shape index (κ2) is 9.67. The molecule has 4 aromatic rings. The second-order valence-corrected chi connectivity index (χ2v) is 11.2. The van der Waals surface area contributed by atoms with E-state index in [1.54, 1.807) is 24.0 Å². The summed E-state index contributed by atoms with van der Waals surface area (Å²) in [6.45, 7) is 0.203. The number of anilines is 1. The Hall–Kier alpha value is -3.49. The van der Waals surface area contributed by atoms with Gasteiger partial charge in [0, 0.05) is 19.4 Å². The number of aromatic nitrogens is 4. The number of nitrogens with one attached hydrogen (secondary N) is 1. The summed E-state index contributed by atoms with van der Waals surface area (Å²) in [5.41, 5.74) is 0.870. The molecule has 2 saturated carbocycles. The zero-order chi connectivity index (χ0) is 26.4. The molecule has 2 aliphatic carbocycles. The van der Waals surface area contributed by atoms with E-state index in [4.69, 9.17) is 16.3 Å². The van der Waals surface area contributed by atoms with Gasteiger partial charge in [0.1, 0.15) is 11.5 Å². The van der Waals surface area contributed by atoms with Crippen molar-refractivity contribution in [2.75, 3.05) is 19.0 Å². The fourth-order valence-electron chi connectivity index (χ4n) is 5.42. The van der Waals surface area contributed by atoms with Crippen molar-refractivity contribution in [2.45, 2.75) is 31.1 Å². The highest BCUT2D eigenvalue weighted by atomic mass is 35.5. The molecule has 5 atom stereocenters. The van der Waals surface area contributed by atoms with E-state index in [-0.39, 0.29) is 18.3 Å². The molecule has 6 rings (SSSR count). The molecule has 0 amide bonds. The number of aliphatic hydroxyl groups excluding tert-OH is 2. The van der Waals surface area contributed by atoms with Gasteiger partial charge >= 0.3 is 5.97 Å². The van der Waals surface area contributed by atoms with Crippen molar-refractivity contribution < 1.29 is 19.7 Å². The van der Waals surface area contributed by atoms with Gasteiger partial charge in [0.25, 0.3) is 0 Å². The smallest absolute Gasteiger partial charge is 0.315 e. The summed E-state index contributed by atoms with van der Waals surface area (Å²) in [5.74, 6) is 5.93. The molecule has 0 radical (unpaired) electrons. The number of hydrogen-bond acceptors (Lipinski definition) is 9. The highest BCUT2D eigenvalue weighted by Gasteiger charge is 2.76. The predicted molar refractivity (Wildman–Crippen MR) is 143 cm³/mol. The summed E-state index contributed by atoms with van der Waals surface area (Å²) < 4.78 is 7.94. The van der Waals surface area contributed by atoms with E-state index in [1.165, 1.54) is 11.3 Å². The van der Waals surface area contributed by atoms with Gasteiger partial charge in [-0.05, 0) is 36.0 Å². The minimum Gasteiger partial charge on any atom is -0.465 e. The van der Waals surface area contributed by atoms with Gasteiger partial charge in [-0.2, -0.15) is 0 Å². The number of imidazole rings is 1. The number of fused-ring (bicyclic) bond motifs is 2. The molecule has 0 unspecified atom stereocenters. The third kappa shape index (κ3) is 4.12. The van der Waals surface area contributed by atoms with E-state index >= 15 is 0 Å². The molecule has 0 spiro atoms. The quantitative estimate of drug-likeness (QED) is 0.248. The van der Waals surface area contributed by atoms with Crippen LogP contribution in [0.4, 0.5) is 5.82 Å². The van der Waals surface area contributed by atoms with Crippen molar-refractivity contribution in [3.05, 3.63) is 69.4 Å². The van der Waals surface area contributed by atoms with Crippen LogP contribution in [0.15, 0.2) is 48.8 Å². The molecule has 9 nitrogen and oxygen atoms in total. The number of nitrogens with zero attached hydrogens (tertiary/aromatic N) is 4. The Morgan fingerprint density at radius 3 is 2.79 bits per heavy atom. The maximum Gasteiger partial charge on any atom is 0.315 e. The lowest BCUT2D eigenvalue weighted by atomic mass is 9.99. The molecule has 2 fully saturated rings. The van der Waals surface area contributed by atoms with Gasteiger partial charge in [0.2, 0.25) is 5.82 Å². The molecule has 1 aromatic carbocycles. The highest BCUT2D eigenvalue weighted by molar-refractivity contribution is 7.16. The minimum atomic E-state index is -1.26. The predicted octanol–water partition coefficient (Wildman–Crippen LogP) is 3.05. The summed E-state index contributed by atoms with van der Waals surface area (Å²) >= 11 is 7.36. The van der Waals surface area contributed by atoms with Crippen LogP contribution < -0.4 is 5.32 Å². The van der Waals surface area contributed by atoms with Crippen molar-refractivity contribution in [3.8, 4) is 11.8 Å². The number of aliphatic hydroxyl groups is 2. The normalized spacial score (nSPS) is 25.5. The number of rotatable bonds is 6. The zero-order valence-corrected chi connectivity index (χ0v) is 21.9. The summed E-state index contributed by atoms with van der Waals surface area (Å²) in [6.07, 6.45) is 0.102. The highest BCUT2D eigenvalue weighted by Crippen LogP contribution is 2.68. The maximum absolute atomic E-state index is 13.1. The van der Waals surface area contributed by atoms with Gasteiger partial charge in [-0.25, -0.2) is 15.0 Å². The van der Waals surface area contributed by atoms with Gasteiger partial charge in [-0.15, -0.1) is 11.3 Å². The largest absolute Gasteiger partial charge is 0.465 e. The first-order valence-electron chi connectivity index (χ1n) is 12.2. The average molecular weight is 550 g/mol.